The second kappa shape index (κ2) is 7.90. The molecule has 1 aliphatic rings. The minimum absolute atomic E-state index is 0.0708. The topological polar surface area (TPSA) is 119 Å². The Kier molecular flexibility index (Phi) is 5.13. The number of rotatable bonds is 5. The Morgan fingerprint density at radius 2 is 1.87 bits per heavy atom. The van der Waals surface area contributed by atoms with E-state index >= 15 is 0 Å². The van der Waals surface area contributed by atoms with Crippen LogP contribution in [0.25, 0.3) is 5.69 Å². The number of nitrogens with one attached hydrogen (secondary N) is 1. The highest BCUT2D eigenvalue weighted by molar-refractivity contribution is 5.94. The summed E-state index contributed by atoms with van der Waals surface area (Å²) in [4.78, 5) is 36.7. The summed E-state index contributed by atoms with van der Waals surface area (Å²) in [6.45, 7) is 0.220. The second-order valence-corrected chi connectivity index (χ2v) is 6.89. The number of aryl methyl sites for hydroxylation is 2. The van der Waals surface area contributed by atoms with Crippen LogP contribution in [-0.4, -0.2) is 37.1 Å². The summed E-state index contributed by atoms with van der Waals surface area (Å²) in [5, 5.41) is 20.8. The average molecular weight is 411 g/mol. The molecule has 3 aromatic rings. The standard InChI is InChI=1S/C20H18FN5O4/c21-13-4-6-14(7-5-13)26-18(29)11-16(27)19(24-26)20(30)22-8-9-25-17(28)10-12-2-1-3-15(12)23-25/h4-7,10-11,27H,1-3,8-9H2,(H,22,30). The molecule has 154 valence electrons. The minimum atomic E-state index is -0.724. The van der Waals surface area contributed by atoms with Crippen LogP contribution in [0.4, 0.5) is 4.39 Å². The molecule has 2 heterocycles. The third-order valence-corrected chi connectivity index (χ3v) is 4.83. The summed E-state index contributed by atoms with van der Waals surface area (Å²) in [6, 6.07) is 7.39. The largest absolute Gasteiger partial charge is 0.505 e. The van der Waals surface area contributed by atoms with Crippen molar-refractivity contribution in [3.63, 3.8) is 0 Å². The van der Waals surface area contributed by atoms with E-state index in [1.165, 1.54) is 16.8 Å². The Bertz CT molecular complexity index is 1230. The smallest absolute Gasteiger partial charge is 0.275 e. The van der Waals surface area contributed by atoms with Crippen molar-refractivity contribution in [2.75, 3.05) is 6.54 Å². The molecule has 0 atom stereocenters. The first-order chi connectivity index (χ1) is 14.4. The molecule has 1 aromatic carbocycles. The maximum Gasteiger partial charge on any atom is 0.275 e. The molecule has 0 bridgehead atoms. The van der Waals surface area contributed by atoms with Gasteiger partial charge in [0.05, 0.1) is 17.9 Å². The molecule has 10 heteroatoms. The van der Waals surface area contributed by atoms with Crippen molar-refractivity contribution in [2.24, 2.45) is 0 Å². The molecular formula is C20H18FN5O4. The Labute approximate surface area is 169 Å². The second-order valence-electron chi connectivity index (χ2n) is 6.89. The van der Waals surface area contributed by atoms with Crippen LogP contribution in [0.15, 0.2) is 46.0 Å². The maximum absolute atomic E-state index is 13.1. The fourth-order valence-corrected chi connectivity index (χ4v) is 3.33. The number of halogens is 1. The molecule has 2 N–H and O–H groups in total. The van der Waals surface area contributed by atoms with Gasteiger partial charge in [-0.25, -0.2) is 9.07 Å². The van der Waals surface area contributed by atoms with Gasteiger partial charge in [0, 0.05) is 18.7 Å². The van der Waals surface area contributed by atoms with Crippen LogP contribution < -0.4 is 16.4 Å². The molecule has 1 aliphatic carbocycles. The van der Waals surface area contributed by atoms with Gasteiger partial charge in [-0.2, -0.15) is 14.9 Å². The lowest BCUT2D eigenvalue weighted by Gasteiger charge is -2.10. The number of hydrogen-bond acceptors (Lipinski definition) is 6. The number of fused-ring (bicyclic) bond motifs is 1. The van der Waals surface area contributed by atoms with Gasteiger partial charge < -0.3 is 10.4 Å². The monoisotopic (exact) mass is 411 g/mol. The van der Waals surface area contributed by atoms with Crippen LogP contribution in [0.2, 0.25) is 0 Å². The van der Waals surface area contributed by atoms with Gasteiger partial charge >= 0.3 is 0 Å². The van der Waals surface area contributed by atoms with Crippen molar-refractivity contribution in [2.45, 2.75) is 25.8 Å². The van der Waals surface area contributed by atoms with E-state index in [9.17, 15) is 23.9 Å². The van der Waals surface area contributed by atoms with Gasteiger partial charge in [0.1, 0.15) is 5.82 Å². The van der Waals surface area contributed by atoms with Crippen molar-refractivity contribution in [3.8, 4) is 11.4 Å². The fourth-order valence-electron chi connectivity index (χ4n) is 3.33. The highest BCUT2D eigenvalue weighted by Crippen LogP contribution is 2.17. The molecule has 30 heavy (non-hydrogen) atoms. The summed E-state index contributed by atoms with van der Waals surface area (Å²) in [7, 11) is 0. The average Bonchev–Trinajstić information content (AvgIpc) is 3.16. The minimum Gasteiger partial charge on any atom is -0.505 e. The number of nitrogens with zero attached hydrogens (tertiary/aromatic N) is 4. The van der Waals surface area contributed by atoms with Crippen molar-refractivity contribution >= 4 is 5.91 Å². The Balaban J connectivity index is 1.50. The van der Waals surface area contributed by atoms with Crippen molar-refractivity contribution in [1.29, 1.82) is 0 Å². The number of aromatic hydroxyl groups is 1. The van der Waals surface area contributed by atoms with Gasteiger partial charge in [0.2, 0.25) is 0 Å². The molecule has 9 nitrogen and oxygen atoms in total. The van der Waals surface area contributed by atoms with Crippen LogP contribution >= 0.6 is 0 Å². The van der Waals surface area contributed by atoms with Crippen molar-refractivity contribution < 1.29 is 14.3 Å². The quantitative estimate of drug-likeness (QED) is 0.633. The molecule has 0 saturated carbocycles. The molecule has 0 saturated heterocycles. The molecule has 4 rings (SSSR count). The van der Waals surface area contributed by atoms with Gasteiger partial charge in [0.25, 0.3) is 17.0 Å². The molecule has 0 spiro atoms. The van der Waals surface area contributed by atoms with E-state index in [2.05, 4.69) is 15.5 Å². The lowest BCUT2D eigenvalue weighted by atomic mass is 10.2. The van der Waals surface area contributed by atoms with E-state index in [4.69, 9.17) is 0 Å². The zero-order valence-corrected chi connectivity index (χ0v) is 15.8. The number of hydrogen-bond donors (Lipinski definition) is 2. The zero-order valence-electron chi connectivity index (χ0n) is 15.8. The molecule has 0 fully saturated rings. The van der Waals surface area contributed by atoms with Crippen molar-refractivity contribution in [3.05, 3.63) is 79.9 Å². The van der Waals surface area contributed by atoms with Crippen LogP contribution in [0.1, 0.15) is 28.2 Å². The molecule has 0 unspecified atom stereocenters. The van der Waals surface area contributed by atoms with Crippen LogP contribution in [-0.2, 0) is 19.4 Å². The van der Waals surface area contributed by atoms with E-state index < -0.39 is 23.0 Å². The highest BCUT2D eigenvalue weighted by atomic mass is 19.1. The first-order valence-electron chi connectivity index (χ1n) is 9.40. The van der Waals surface area contributed by atoms with E-state index in [1.54, 1.807) is 6.07 Å². The van der Waals surface area contributed by atoms with E-state index in [1.807, 2.05) is 0 Å². The number of amides is 1. The normalized spacial score (nSPS) is 12.6. The Morgan fingerprint density at radius 1 is 1.10 bits per heavy atom. The number of benzene rings is 1. The lowest BCUT2D eigenvalue weighted by Crippen LogP contribution is -2.34. The van der Waals surface area contributed by atoms with Gasteiger partial charge in [-0.3, -0.25) is 14.4 Å². The van der Waals surface area contributed by atoms with Gasteiger partial charge in [0.15, 0.2) is 11.4 Å². The Hall–Kier alpha value is -3.82. The van der Waals surface area contributed by atoms with Gasteiger partial charge in [-0.1, -0.05) is 0 Å². The van der Waals surface area contributed by atoms with Crippen LogP contribution in [0.5, 0.6) is 5.75 Å². The highest BCUT2D eigenvalue weighted by Gasteiger charge is 2.18. The molecule has 0 radical (unpaired) electrons. The van der Waals surface area contributed by atoms with E-state index in [-0.39, 0.29) is 30.0 Å². The molecule has 0 aliphatic heterocycles. The number of carbonyl (C=O) groups excluding carboxylic acids is 1. The lowest BCUT2D eigenvalue weighted by molar-refractivity contribution is 0.0941. The Morgan fingerprint density at radius 3 is 2.63 bits per heavy atom. The summed E-state index contributed by atoms with van der Waals surface area (Å²) in [6.07, 6.45) is 2.64. The third-order valence-electron chi connectivity index (χ3n) is 4.83. The SMILES string of the molecule is O=C(NCCn1nc2c(cc1=O)CCC2)c1nn(-c2ccc(F)cc2)c(=O)cc1O. The maximum atomic E-state index is 13.1. The predicted octanol–water partition coefficient (Wildman–Crippen LogP) is 0.553. The first kappa shape index (κ1) is 19.5. The summed E-state index contributed by atoms with van der Waals surface area (Å²) in [5.74, 6) is -1.79. The van der Waals surface area contributed by atoms with E-state index in [0.29, 0.717) is 0 Å². The first-order valence-corrected chi connectivity index (χ1v) is 9.40. The summed E-state index contributed by atoms with van der Waals surface area (Å²) < 4.78 is 15.3. The van der Waals surface area contributed by atoms with Gasteiger partial charge in [-0.05, 0) is 49.1 Å². The molecule has 1 amide bonds. The van der Waals surface area contributed by atoms with Crippen LogP contribution in [0.3, 0.4) is 0 Å². The molecular weight excluding hydrogens is 393 g/mol. The fraction of sp³-hybridized carbons (Fsp3) is 0.250. The summed E-state index contributed by atoms with van der Waals surface area (Å²) in [5.41, 5.74) is 0.821. The summed E-state index contributed by atoms with van der Waals surface area (Å²) >= 11 is 0. The number of aromatic nitrogens is 4. The number of carbonyl (C=O) groups is 1. The zero-order chi connectivity index (χ0) is 21.3. The van der Waals surface area contributed by atoms with Crippen molar-refractivity contribution in [1.82, 2.24) is 24.9 Å². The predicted molar refractivity (Wildman–Crippen MR) is 104 cm³/mol. The molecule has 2 aromatic heterocycles. The van der Waals surface area contributed by atoms with E-state index in [0.717, 1.165) is 53.4 Å². The van der Waals surface area contributed by atoms with Crippen LogP contribution in [0, 0.1) is 5.82 Å². The third kappa shape index (κ3) is 3.84. The van der Waals surface area contributed by atoms with Gasteiger partial charge in [-0.15, -0.1) is 0 Å².